The molecule has 0 amide bonds. The second-order valence-corrected chi connectivity index (χ2v) is 7.81. The van der Waals surface area contributed by atoms with Crippen LogP contribution in [-0.2, 0) is 16.4 Å². The SMILES string of the molecule is CC(C)S(=O)(=O)CCOc1ccc(Br)cc1CN. The van der Waals surface area contributed by atoms with E-state index < -0.39 is 9.84 Å². The van der Waals surface area contributed by atoms with Gasteiger partial charge in [-0.1, -0.05) is 15.9 Å². The third kappa shape index (κ3) is 4.26. The maximum absolute atomic E-state index is 11.6. The van der Waals surface area contributed by atoms with Gasteiger partial charge < -0.3 is 10.5 Å². The van der Waals surface area contributed by atoms with Crippen molar-refractivity contribution in [3.05, 3.63) is 28.2 Å². The highest BCUT2D eigenvalue weighted by Gasteiger charge is 2.16. The van der Waals surface area contributed by atoms with Crippen LogP contribution in [0, 0.1) is 0 Å². The Bertz CT molecular complexity index is 500. The highest BCUT2D eigenvalue weighted by molar-refractivity contribution is 9.10. The zero-order chi connectivity index (χ0) is 13.8. The summed E-state index contributed by atoms with van der Waals surface area (Å²) < 4.78 is 29.6. The molecule has 1 aromatic rings. The van der Waals surface area contributed by atoms with Crippen molar-refractivity contribution in [2.24, 2.45) is 5.73 Å². The average molecular weight is 336 g/mol. The monoisotopic (exact) mass is 335 g/mol. The topological polar surface area (TPSA) is 69.4 Å². The van der Waals surface area contributed by atoms with Crippen molar-refractivity contribution in [1.82, 2.24) is 0 Å². The van der Waals surface area contributed by atoms with Crippen LogP contribution in [0.2, 0.25) is 0 Å². The van der Waals surface area contributed by atoms with Gasteiger partial charge >= 0.3 is 0 Å². The molecule has 0 aromatic heterocycles. The van der Waals surface area contributed by atoms with Gasteiger partial charge in [0.2, 0.25) is 0 Å². The molecule has 0 saturated heterocycles. The molecule has 0 aliphatic rings. The summed E-state index contributed by atoms with van der Waals surface area (Å²) in [6.07, 6.45) is 0. The van der Waals surface area contributed by atoms with Crippen molar-refractivity contribution >= 4 is 25.8 Å². The first-order valence-corrected chi connectivity index (χ1v) is 8.20. The molecule has 0 atom stereocenters. The van der Waals surface area contributed by atoms with E-state index in [-0.39, 0.29) is 17.6 Å². The summed E-state index contributed by atoms with van der Waals surface area (Å²) in [6.45, 7) is 3.83. The molecule has 0 spiro atoms. The van der Waals surface area contributed by atoms with Crippen molar-refractivity contribution in [2.75, 3.05) is 12.4 Å². The zero-order valence-electron chi connectivity index (χ0n) is 10.5. The van der Waals surface area contributed by atoms with Gasteiger partial charge in [-0.05, 0) is 32.0 Å². The molecule has 18 heavy (non-hydrogen) atoms. The Morgan fingerprint density at radius 1 is 1.39 bits per heavy atom. The van der Waals surface area contributed by atoms with Crippen LogP contribution in [0.5, 0.6) is 5.75 Å². The highest BCUT2D eigenvalue weighted by atomic mass is 79.9. The van der Waals surface area contributed by atoms with E-state index in [1.807, 2.05) is 12.1 Å². The number of sulfone groups is 1. The lowest BCUT2D eigenvalue weighted by atomic mass is 10.2. The lowest BCUT2D eigenvalue weighted by Gasteiger charge is -2.12. The van der Waals surface area contributed by atoms with Crippen LogP contribution in [0.15, 0.2) is 22.7 Å². The zero-order valence-corrected chi connectivity index (χ0v) is 12.9. The molecule has 0 aliphatic carbocycles. The second-order valence-electron chi connectivity index (χ2n) is 4.22. The Labute approximate surface area is 117 Å². The molecule has 0 unspecified atom stereocenters. The van der Waals surface area contributed by atoms with Crippen molar-refractivity contribution in [1.29, 1.82) is 0 Å². The van der Waals surface area contributed by atoms with Crippen LogP contribution in [0.25, 0.3) is 0 Å². The molecule has 0 fully saturated rings. The fraction of sp³-hybridized carbons (Fsp3) is 0.500. The Hall–Kier alpha value is -0.590. The quantitative estimate of drug-likeness (QED) is 0.864. The number of nitrogens with two attached hydrogens (primary N) is 1. The molecule has 1 aromatic carbocycles. The number of ether oxygens (including phenoxy) is 1. The molecule has 6 heteroatoms. The lowest BCUT2D eigenvalue weighted by Crippen LogP contribution is -2.22. The second kappa shape index (κ2) is 6.54. The van der Waals surface area contributed by atoms with Crippen molar-refractivity contribution < 1.29 is 13.2 Å². The predicted molar refractivity (Wildman–Crippen MR) is 76.5 cm³/mol. The number of hydrogen-bond donors (Lipinski definition) is 1. The first-order valence-electron chi connectivity index (χ1n) is 5.69. The number of hydrogen-bond acceptors (Lipinski definition) is 4. The predicted octanol–water partition coefficient (Wildman–Crippen LogP) is 2.11. The molecule has 0 bridgehead atoms. The lowest BCUT2D eigenvalue weighted by molar-refractivity contribution is 0.337. The number of rotatable bonds is 6. The smallest absolute Gasteiger partial charge is 0.155 e. The van der Waals surface area contributed by atoms with E-state index in [4.69, 9.17) is 10.5 Å². The minimum Gasteiger partial charge on any atom is -0.492 e. The van der Waals surface area contributed by atoms with Crippen molar-refractivity contribution in [2.45, 2.75) is 25.6 Å². The molecular formula is C12H18BrNO3S. The summed E-state index contributed by atoms with van der Waals surface area (Å²) in [5.41, 5.74) is 6.46. The third-order valence-corrected chi connectivity index (χ3v) is 5.25. The molecule has 0 aliphatic heterocycles. The van der Waals surface area contributed by atoms with Gasteiger partial charge in [0.05, 0.1) is 11.0 Å². The minimum absolute atomic E-state index is 0.0186. The van der Waals surface area contributed by atoms with Crippen LogP contribution >= 0.6 is 15.9 Å². The minimum atomic E-state index is -3.06. The number of benzene rings is 1. The average Bonchev–Trinajstić information content (AvgIpc) is 2.30. The fourth-order valence-corrected chi connectivity index (χ4v) is 2.55. The summed E-state index contributed by atoms with van der Waals surface area (Å²) in [4.78, 5) is 0. The summed E-state index contributed by atoms with van der Waals surface area (Å²) in [6, 6.07) is 5.49. The molecule has 2 N–H and O–H groups in total. The molecule has 1 rings (SSSR count). The fourth-order valence-electron chi connectivity index (χ4n) is 1.35. The van der Waals surface area contributed by atoms with Crippen molar-refractivity contribution in [3.8, 4) is 5.75 Å². The highest BCUT2D eigenvalue weighted by Crippen LogP contribution is 2.22. The van der Waals surface area contributed by atoms with Gasteiger partial charge in [-0.15, -0.1) is 0 Å². The summed E-state index contributed by atoms with van der Waals surface area (Å²) >= 11 is 3.35. The normalized spacial score (nSPS) is 11.8. The first-order chi connectivity index (χ1) is 8.36. The largest absolute Gasteiger partial charge is 0.492 e. The third-order valence-electron chi connectivity index (χ3n) is 2.59. The Morgan fingerprint density at radius 2 is 2.06 bits per heavy atom. The Kier molecular flexibility index (Phi) is 5.62. The van der Waals surface area contributed by atoms with Gasteiger partial charge in [0, 0.05) is 16.6 Å². The molecule has 0 saturated carbocycles. The van der Waals surface area contributed by atoms with E-state index in [0.717, 1.165) is 10.0 Å². The number of halogens is 1. The van der Waals surface area contributed by atoms with Crippen LogP contribution in [0.1, 0.15) is 19.4 Å². The van der Waals surface area contributed by atoms with E-state index >= 15 is 0 Å². The maximum atomic E-state index is 11.6. The van der Waals surface area contributed by atoms with E-state index in [1.165, 1.54) is 0 Å². The first kappa shape index (κ1) is 15.5. The van der Waals surface area contributed by atoms with Gasteiger partial charge in [0.15, 0.2) is 9.84 Å². The van der Waals surface area contributed by atoms with Gasteiger partial charge in [-0.25, -0.2) is 8.42 Å². The molecule has 102 valence electrons. The molecular weight excluding hydrogens is 318 g/mol. The van der Waals surface area contributed by atoms with Crippen LogP contribution in [-0.4, -0.2) is 26.0 Å². The summed E-state index contributed by atoms with van der Waals surface area (Å²) in [7, 11) is -3.06. The summed E-state index contributed by atoms with van der Waals surface area (Å²) in [5, 5.41) is -0.375. The molecule has 4 nitrogen and oxygen atoms in total. The van der Waals surface area contributed by atoms with Crippen LogP contribution in [0.4, 0.5) is 0 Å². The van der Waals surface area contributed by atoms with Crippen LogP contribution in [0.3, 0.4) is 0 Å². The van der Waals surface area contributed by atoms with Crippen LogP contribution < -0.4 is 10.5 Å². The van der Waals surface area contributed by atoms with Gasteiger partial charge in [-0.2, -0.15) is 0 Å². The van der Waals surface area contributed by atoms with E-state index in [2.05, 4.69) is 15.9 Å². The van der Waals surface area contributed by atoms with Crippen molar-refractivity contribution in [3.63, 3.8) is 0 Å². The van der Waals surface area contributed by atoms with Gasteiger partial charge in [0.1, 0.15) is 12.4 Å². The van der Waals surface area contributed by atoms with Gasteiger partial charge in [0.25, 0.3) is 0 Å². The Balaban J connectivity index is 2.65. The molecule has 0 radical (unpaired) electrons. The molecule has 0 heterocycles. The van der Waals surface area contributed by atoms with E-state index in [9.17, 15) is 8.42 Å². The standard InChI is InChI=1S/C12H18BrNO3S/c1-9(2)18(15,16)6-5-17-12-4-3-11(13)7-10(12)8-14/h3-4,7,9H,5-6,8,14H2,1-2H3. The van der Waals surface area contributed by atoms with E-state index in [0.29, 0.717) is 12.3 Å². The van der Waals surface area contributed by atoms with Gasteiger partial charge in [-0.3, -0.25) is 0 Å². The summed E-state index contributed by atoms with van der Waals surface area (Å²) in [5.74, 6) is 0.657. The Morgan fingerprint density at radius 3 is 2.61 bits per heavy atom. The maximum Gasteiger partial charge on any atom is 0.155 e. The van der Waals surface area contributed by atoms with E-state index in [1.54, 1.807) is 19.9 Å².